The zero-order valence-corrected chi connectivity index (χ0v) is 18.9. The number of anilines is 1. The normalized spacial score (nSPS) is 22.1. The lowest BCUT2D eigenvalue weighted by atomic mass is 9.76. The second-order valence-corrected chi connectivity index (χ2v) is 9.12. The highest BCUT2D eigenvalue weighted by Crippen LogP contribution is 2.39. The first-order valence-corrected chi connectivity index (χ1v) is 11.2. The van der Waals surface area contributed by atoms with Crippen LogP contribution in [-0.2, 0) is 6.18 Å². The number of pyridine rings is 2. The average Bonchev–Trinajstić information content (AvgIpc) is 3.34. The van der Waals surface area contributed by atoms with Crippen LogP contribution in [0.2, 0.25) is 5.02 Å². The molecular formula is C22H21ClF3N7O. The first-order valence-electron chi connectivity index (χ1n) is 10.8. The van der Waals surface area contributed by atoms with E-state index in [1.807, 2.05) is 11.8 Å². The van der Waals surface area contributed by atoms with Gasteiger partial charge >= 0.3 is 6.18 Å². The van der Waals surface area contributed by atoms with Gasteiger partial charge in [-0.1, -0.05) is 11.6 Å². The van der Waals surface area contributed by atoms with Crippen LogP contribution in [0.25, 0.3) is 5.82 Å². The molecule has 2 aliphatic heterocycles. The van der Waals surface area contributed by atoms with Gasteiger partial charge < -0.3 is 10.2 Å². The quantitative estimate of drug-likeness (QED) is 0.590. The summed E-state index contributed by atoms with van der Waals surface area (Å²) >= 11 is 6.12. The van der Waals surface area contributed by atoms with Crippen LogP contribution in [0.5, 0.6) is 0 Å². The molecule has 178 valence electrons. The van der Waals surface area contributed by atoms with Gasteiger partial charge in [0, 0.05) is 25.0 Å². The van der Waals surface area contributed by atoms with Crippen molar-refractivity contribution in [3.05, 3.63) is 58.6 Å². The number of carbonyl (C=O) groups is 1. The number of nitrogens with zero attached hydrogens (tertiary/aromatic N) is 6. The second kappa shape index (κ2) is 8.53. The Balaban J connectivity index is 1.42. The summed E-state index contributed by atoms with van der Waals surface area (Å²) in [7, 11) is 0. The van der Waals surface area contributed by atoms with Gasteiger partial charge in [-0.15, -0.1) is 4.80 Å². The maximum absolute atomic E-state index is 13.7. The fourth-order valence-corrected chi connectivity index (χ4v) is 5.04. The predicted molar refractivity (Wildman–Crippen MR) is 118 cm³/mol. The molecule has 6 rings (SSSR count). The number of nitrogens with one attached hydrogen (secondary N) is 1. The molecule has 1 amide bonds. The summed E-state index contributed by atoms with van der Waals surface area (Å²) in [6.07, 6.45) is 3.43. The van der Waals surface area contributed by atoms with Gasteiger partial charge in [-0.3, -0.25) is 4.79 Å². The van der Waals surface area contributed by atoms with E-state index in [4.69, 9.17) is 11.6 Å². The van der Waals surface area contributed by atoms with Crippen molar-refractivity contribution in [3.63, 3.8) is 0 Å². The van der Waals surface area contributed by atoms with E-state index in [0.29, 0.717) is 17.9 Å². The van der Waals surface area contributed by atoms with Crippen LogP contribution in [-0.4, -0.2) is 54.4 Å². The Hall–Kier alpha value is -3.21. The van der Waals surface area contributed by atoms with Crippen molar-refractivity contribution in [3.8, 4) is 5.82 Å². The number of rotatable bonds is 4. The number of carbonyl (C=O) groups excluding carboxylic acids is 1. The molecule has 0 aromatic carbocycles. The van der Waals surface area contributed by atoms with Crippen molar-refractivity contribution < 1.29 is 18.0 Å². The minimum atomic E-state index is -4.52. The van der Waals surface area contributed by atoms with E-state index in [1.54, 1.807) is 12.3 Å². The molecule has 8 nitrogen and oxygen atoms in total. The van der Waals surface area contributed by atoms with E-state index < -0.39 is 11.7 Å². The van der Waals surface area contributed by atoms with Crippen molar-refractivity contribution in [2.24, 2.45) is 5.92 Å². The van der Waals surface area contributed by atoms with Crippen molar-refractivity contribution in [2.75, 3.05) is 11.9 Å². The molecule has 12 heteroatoms. The summed E-state index contributed by atoms with van der Waals surface area (Å²) in [6.45, 7) is 2.45. The van der Waals surface area contributed by atoms with E-state index in [-0.39, 0.29) is 34.7 Å². The highest BCUT2D eigenvalue weighted by Gasteiger charge is 2.44. The minimum absolute atomic E-state index is 0.107. The number of piperidine rings is 2. The van der Waals surface area contributed by atoms with E-state index in [1.165, 1.54) is 17.2 Å². The van der Waals surface area contributed by atoms with E-state index in [9.17, 15) is 18.0 Å². The molecular weight excluding hydrogens is 471 g/mol. The lowest BCUT2D eigenvalue weighted by Crippen LogP contribution is -2.60. The number of amides is 1. The number of halogens is 4. The Bertz CT molecular complexity index is 1220. The first-order chi connectivity index (χ1) is 16.2. The summed E-state index contributed by atoms with van der Waals surface area (Å²) in [5.74, 6) is 0.595. The number of aromatic nitrogens is 5. The van der Waals surface area contributed by atoms with Crippen LogP contribution in [0.15, 0.2) is 36.9 Å². The molecule has 3 aromatic rings. The Morgan fingerprint density at radius 3 is 2.59 bits per heavy atom. The summed E-state index contributed by atoms with van der Waals surface area (Å²) in [4.78, 5) is 25.1. The smallest absolute Gasteiger partial charge is 0.364 e. The first kappa shape index (κ1) is 22.6. The van der Waals surface area contributed by atoms with Crippen LogP contribution in [0.4, 0.5) is 19.0 Å². The van der Waals surface area contributed by atoms with Gasteiger partial charge in [0.2, 0.25) is 0 Å². The molecule has 3 atom stereocenters. The predicted octanol–water partition coefficient (Wildman–Crippen LogP) is 4.14. The van der Waals surface area contributed by atoms with E-state index >= 15 is 0 Å². The molecule has 1 saturated carbocycles. The molecule has 0 spiro atoms. The standard InChI is InChI=1S/C22H21ClF3N7O/c1-12-6-15(20(28-9-12)33-29-4-5-30-33)21(34)32-11-13-2-3-18(32)17(7-13)31-19-16(23)8-14(10-27-19)22(24,25)26/h4-6,8-10,13,17-18H,2-3,7,11H2,1H3,(H,27,31)/t13-,17-,18+/m1/s1. The van der Waals surface area contributed by atoms with Crippen molar-refractivity contribution in [1.29, 1.82) is 0 Å². The topological polar surface area (TPSA) is 88.8 Å². The molecule has 2 bridgehead atoms. The summed E-state index contributed by atoms with van der Waals surface area (Å²) < 4.78 is 38.9. The van der Waals surface area contributed by atoms with Gasteiger partial charge in [-0.25, -0.2) is 9.97 Å². The van der Waals surface area contributed by atoms with E-state index in [2.05, 4.69) is 25.5 Å². The monoisotopic (exact) mass is 491 g/mol. The number of hydrogen-bond donors (Lipinski definition) is 1. The summed E-state index contributed by atoms with van der Waals surface area (Å²) in [5.41, 5.74) is 0.321. The third-order valence-electron chi connectivity index (χ3n) is 6.37. The van der Waals surface area contributed by atoms with Crippen LogP contribution in [0.1, 0.15) is 40.7 Å². The fourth-order valence-electron chi connectivity index (χ4n) is 4.82. The molecule has 2 saturated heterocycles. The SMILES string of the molecule is Cc1cnc(-n2nccn2)c(C(=O)N2C[C@@H]3CC[C@H]2[C@H](Nc2ncc(C(F)(F)F)cc2Cl)C3)c1. The van der Waals surface area contributed by atoms with Gasteiger partial charge in [0.25, 0.3) is 5.91 Å². The maximum atomic E-state index is 13.7. The van der Waals surface area contributed by atoms with Crippen molar-refractivity contribution in [1.82, 2.24) is 29.9 Å². The van der Waals surface area contributed by atoms with Crippen LogP contribution in [0.3, 0.4) is 0 Å². The highest BCUT2D eigenvalue weighted by molar-refractivity contribution is 6.33. The highest BCUT2D eigenvalue weighted by atomic mass is 35.5. The summed E-state index contributed by atoms with van der Waals surface area (Å²) in [6, 6.07) is 2.27. The zero-order valence-electron chi connectivity index (χ0n) is 18.1. The Labute approximate surface area is 198 Å². The Morgan fingerprint density at radius 1 is 1.15 bits per heavy atom. The van der Waals surface area contributed by atoms with Gasteiger partial charge in [0.15, 0.2) is 5.82 Å². The lowest BCUT2D eigenvalue weighted by molar-refractivity contribution is -0.137. The molecule has 34 heavy (non-hydrogen) atoms. The molecule has 5 heterocycles. The van der Waals surface area contributed by atoms with Gasteiger partial charge in [-0.2, -0.15) is 23.4 Å². The number of alkyl halides is 3. The van der Waals surface area contributed by atoms with Crippen LogP contribution < -0.4 is 5.32 Å². The number of hydrogen-bond acceptors (Lipinski definition) is 6. The number of fused-ring (bicyclic) bond motifs is 3. The molecule has 3 fully saturated rings. The Morgan fingerprint density at radius 2 is 1.91 bits per heavy atom. The lowest BCUT2D eigenvalue weighted by Gasteiger charge is -2.50. The van der Waals surface area contributed by atoms with Gasteiger partial charge in [-0.05, 0) is 49.8 Å². The van der Waals surface area contributed by atoms with Gasteiger partial charge in [0.05, 0.1) is 34.6 Å². The van der Waals surface area contributed by atoms with Crippen LogP contribution in [0, 0.1) is 12.8 Å². The minimum Gasteiger partial charge on any atom is -0.364 e. The van der Waals surface area contributed by atoms with Gasteiger partial charge in [0.1, 0.15) is 5.82 Å². The van der Waals surface area contributed by atoms with E-state index in [0.717, 1.165) is 37.1 Å². The fraction of sp³-hybridized carbons (Fsp3) is 0.409. The zero-order chi connectivity index (χ0) is 24.0. The third kappa shape index (κ3) is 4.20. The molecule has 3 aliphatic rings. The molecule has 0 unspecified atom stereocenters. The number of aryl methyl sites for hydroxylation is 1. The molecule has 0 radical (unpaired) electrons. The van der Waals surface area contributed by atoms with Crippen molar-refractivity contribution >= 4 is 23.3 Å². The molecule has 1 N–H and O–H groups in total. The Kier molecular flexibility index (Phi) is 5.67. The molecule has 3 aromatic heterocycles. The second-order valence-electron chi connectivity index (χ2n) is 8.71. The van der Waals surface area contributed by atoms with Crippen molar-refractivity contribution in [2.45, 2.75) is 44.4 Å². The molecule has 1 aliphatic carbocycles. The average molecular weight is 492 g/mol. The third-order valence-corrected chi connectivity index (χ3v) is 6.66. The maximum Gasteiger partial charge on any atom is 0.417 e. The largest absolute Gasteiger partial charge is 0.417 e. The van der Waals surface area contributed by atoms with Crippen LogP contribution >= 0.6 is 11.6 Å². The summed E-state index contributed by atoms with van der Waals surface area (Å²) in [5, 5.41) is 11.3.